The first-order chi connectivity index (χ1) is 13.7. The number of thiophene rings is 1. The summed E-state index contributed by atoms with van der Waals surface area (Å²) in [6.45, 7) is 4.46. The van der Waals surface area contributed by atoms with Gasteiger partial charge in [0.25, 0.3) is 5.91 Å². The Balaban J connectivity index is 1.33. The third-order valence-electron chi connectivity index (χ3n) is 5.75. The highest BCUT2D eigenvalue weighted by Gasteiger charge is 2.28. The second-order valence-corrected chi connectivity index (χ2v) is 8.62. The molecule has 1 aromatic heterocycles. The van der Waals surface area contributed by atoms with Crippen molar-refractivity contribution >= 4 is 28.8 Å². The van der Waals surface area contributed by atoms with Crippen molar-refractivity contribution < 1.29 is 9.59 Å². The summed E-state index contributed by atoms with van der Waals surface area (Å²) < 4.78 is 0. The number of carbonyl (C=O) groups is 2. The minimum Gasteiger partial charge on any atom is -0.338 e. The van der Waals surface area contributed by atoms with Crippen molar-refractivity contribution in [2.24, 2.45) is 5.92 Å². The second-order valence-electron chi connectivity index (χ2n) is 7.67. The lowest BCUT2D eigenvalue weighted by Crippen LogP contribution is -2.41. The molecule has 0 atom stereocenters. The topological polar surface area (TPSA) is 52.7 Å². The molecular formula is C22H27N3O2S. The zero-order valence-corrected chi connectivity index (χ0v) is 16.9. The predicted molar refractivity (Wildman–Crippen MR) is 113 cm³/mol. The van der Waals surface area contributed by atoms with Gasteiger partial charge in [0.2, 0.25) is 5.91 Å². The summed E-state index contributed by atoms with van der Waals surface area (Å²) in [6, 6.07) is 11.9. The number of carbonyl (C=O) groups excluding carboxylic acids is 2. The van der Waals surface area contributed by atoms with Crippen LogP contribution in [-0.2, 0) is 11.3 Å². The number of anilines is 1. The first-order valence-electron chi connectivity index (χ1n) is 10.1. The summed E-state index contributed by atoms with van der Waals surface area (Å²) in [7, 11) is 0. The van der Waals surface area contributed by atoms with Gasteiger partial charge >= 0.3 is 0 Å². The van der Waals surface area contributed by atoms with E-state index < -0.39 is 0 Å². The molecule has 3 heterocycles. The molecular weight excluding hydrogens is 370 g/mol. The van der Waals surface area contributed by atoms with Gasteiger partial charge in [-0.2, -0.15) is 0 Å². The highest BCUT2D eigenvalue weighted by Crippen LogP contribution is 2.24. The largest absolute Gasteiger partial charge is 0.338 e. The van der Waals surface area contributed by atoms with Gasteiger partial charge in [-0.15, -0.1) is 11.3 Å². The van der Waals surface area contributed by atoms with E-state index in [9.17, 15) is 9.59 Å². The lowest BCUT2D eigenvalue weighted by atomic mass is 9.95. The average molecular weight is 398 g/mol. The maximum absolute atomic E-state index is 12.8. The maximum Gasteiger partial charge on any atom is 0.263 e. The molecule has 2 saturated heterocycles. The quantitative estimate of drug-likeness (QED) is 0.834. The molecule has 28 heavy (non-hydrogen) atoms. The van der Waals surface area contributed by atoms with Gasteiger partial charge in [-0.1, -0.05) is 24.3 Å². The number of benzene rings is 1. The van der Waals surface area contributed by atoms with Crippen molar-refractivity contribution in [1.82, 2.24) is 9.80 Å². The van der Waals surface area contributed by atoms with Crippen molar-refractivity contribution in [2.45, 2.75) is 32.2 Å². The van der Waals surface area contributed by atoms with E-state index >= 15 is 0 Å². The van der Waals surface area contributed by atoms with E-state index in [1.807, 2.05) is 40.6 Å². The number of nitrogens with zero attached hydrogens (tertiary/aromatic N) is 2. The summed E-state index contributed by atoms with van der Waals surface area (Å²) in [4.78, 5) is 30.4. The fourth-order valence-corrected chi connectivity index (χ4v) is 4.79. The van der Waals surface area contributed by atoms with E-state index in [1.165, 1.54) is 29.7 Å². The SMILES string of the molecule is O=C(Nc1ccccc1CN1CCCC1)C1CCN(C(=O)c2cccs2)CC1. The monoisotopic (exact) mass is 397 g/mol. The molecule has 2 aliphatic heterocycles. The highest BCUT2D eigenvalue weighted by atomic mass is 32.1. The van der Waals surface area contributed by atoms with E-state index in [1.54, 1.807) is 0 Å². The van der Waals surface area contributed by atoms with Gasteiger partial charge in [0.15, 0.2) is 0 Å². The molecule has 6 heteroatoms. The summed E-state index contributed by atoms with van der Waals surface area (Å²) in [5.41, 5.74) is 2.11. The fourth-order valence-electron chi connectivity index (χ4n) is 4.10. The standard InChI is InChI=1S/C22H27N3O2S/c26-21(17-9-13-25(14-10-17)22(27)20-8-5-15-28-20)23-19-7-2-1-6-18(19)16-24-11-3-4-12-24/h1-2,5-8,15,17H,3-4,9-14,16H2,(H,23,26). The number of piperidine rings is 1. The van der Waals surface area contributed by atoms with Gasteiger partial charge in [0.05, 0.1) is 4.88 Å². The van der Waals surface area contributed by atoms with Crippen LogP contribution >= 0.6 is 11.3 Å². The maximum atomic E-state index is 12.8. The number of nitrogens with one attached hydrogen (secondary N) is 1. The lowest BCUT2D eigenvalue weighted by molar-refractivity contribution is -0.121. The third kappa shape index (κ3) is 4.45. The van der Waals surface area contributed by atoms with E-state index in [0.29, 0.717) is 13.1 Å². The van der Waals surface area contributed by atoms with Crippen LogP contribution in [-0.4, -0.2) is 47.8 Å². The highest BCUT2D eigenvalue weighted by molar-refractivity contribution is 7.12. The van der Waals surface area contributed by atoms with E-state index in [-0.39, 0.29) is 17.7 Å². The summed E-state index contributed by atoms with van der Waals surface area (Å²) >= 11 is 1.47. The molecule has 2 aliphatic rings. The molecule has 4 rings (SSSR count). The normalized spacial score (nSPS) is 18.4. The number of hydrogen-bond acceptors (Lipinski definition) is 4. The molecule has 1 aromatic carbocycles. The second kappa shape index (κ2) is 8.88. The number of rotatable bonds is 5. The molecule has 0 aliphatic carbocycles. The Kier molecular flexibility index (Phi) is 6.07. The van der Waals surface area contributed by atoms with Crippen LogP contribution < -0.4 is 5.32 Å². The lowest BCUT2D eigenvalue weighted by Gasteiger charge is -2.31. The van der Waals surface area contributed by atoms with Crippen LogP contribution in [0.15, 0.2) is 41.8 Å². The van der Waals surface area contributed by atoms with Gasteiger partial charge in [-0.3, -0.25) is 14.5 Å². The van der Waals surface area contributed by atoms with Crippen LogP contribution in [0.1, 0.15) is 40.9 Å². The summed E-state index contributed by atoms with van der Waals surface area (Å²) in [5, 5.41) is 5.08. The van der Waals surface area contributed by atoms with Gasteiger partial charge in [0, 0.05) is 31.2 Å². The Hall–Kier alpha value is -2.18. The Morgan fingerprint density at radius 3 is 2.46 bits per heavy atom. The minimum absolute atomic E-state index is 0.0350. The first kappa shape index (κ1) is 19.2. The van der Waals surface area contributed by atoms with Gasteiger partial charge in [-0.05, 0) is 61.8 Å². The van der Waals surface area contributed by atoms with Crippen LogP contribution in [0.4, 0.5) is 5.69 Å². The number of hydrogen-bond donors (Lipinski definition) is 1. The minimum atomic E-state index is -0.0350. The van der Waals surface area contributed by atoms with Gasteiger partial charge in [0.1, 0.15) is 0 Å². The van der Waals surface area contributed by atoms with Crippen LogP contribution in [0.3, 0.4) is 0 Å². The molecule has 0 bridgehead atoms. The number of likely N-dealkylation sites (tertiary alicyclic amines) is 2. The molecule has 2 fully saturated rings. The average Bonchev–Trinajstić information content (AvgIpc) is 3.43. The molecule has 148 valence electrons. The molecule has 5 nitrogen and oxygen atoms in total. The Morgan fingerprint density at radius 2 is 1.75 bits per heavy atom. The van der Waals surface area contributed by atoms with Gasteiger partial charge < -0.3 is 10.2 Å². The number of para-hydroxylation sites is 1. The molecule has 0 radical (unpaired) electrons. The van der Waals surface area contributed by atoms with Crippen molar-refractivity contribution in [1.29, 1.82) is 0 Å². The molecule has 2 aromatic rings. The Labute approximate surface area is 170 Å². The van der Waals surface area contributed by atoms with E-state index in [2.05, 4.69) is 16.3 Å². The molecule has 0 unspecified atom stereocenters. The number of amides is 2. The van der Waals surface area contributed by atoms with Crippen LogP contribution in [0.5, 0.6) is 0 Å². The first-order valence-corrected chi connectivity index (χ1v) is 11.0. The molecule has 1 N–H and O–H groups in total. The smallest absolute Gasteiger partial charge is 0.263 e. The van der Waals surface area contributed by atoms with Crippen molar-refractivity contribution in [3.63, 3.8) is 0 Å². The summed E-state index contributed by atoms with van der Waals surface area (Å²) in [5.74, 6) is 0.133. The zero-order valence-electron chi connectivity index (χ0n) is 16.1. The van der Waals surface area contributed by atoms with Crippen molar-refractivity contribution in [2.75, 3.05) is 31.5 Å². The van der Waals surface area contributed by atoms with Crippen LogP contribution in [0, 0.1) is 5.92 Å². The van der Waals surface area contributed by atoms with E-state index in [4.69, 9.17) is 0 Å². The fraction of sp³-hybridized carbons (Fsp3) is 0.455. The van der Waals surface area contributed by atoms with Crippen molar-refractivity contribution in [3.8, 4) is 0 Å². The molecule has 2 amide bonds. The van der Waals surface area contributed by atoms with E-state index in [0.717, 1.165) is 43.0 Å². The van der Waals surface area contributed by atoms with Crippen LogP contribution in [0.25, 0.3) is 0 Å². The predicted octanol–water partition coefficient (Wildman–Crippen LogP) is 3.83. The Bertz CT molecular complexity index is 807. The van der Waals surface area contributed by atoms with Crippen molar-refractivity contribution in [3.05, 3.63) is 52.2 Å². The van der Waals surface area contributed by atoms with Crippen LogP contribution in [0.2, 0.25) is 0 Å². The Morgan fingerprint density at radius 1 is 1.00 bits per heavy atom. The molecule has 0 spiro atoms. The third-order valence-corrected chi connectivity index (χ3v) is 6.61. The van der Waals surface area contributed by atoms with Gasteiger partial charge in [-0.25, -0.2) is 0 Å². The zero-order chi connectivity index (χ0) is 19.3. The molecule has 0 saturated carbocycles. The summed E-state index contributed by atoms with van der Waals surface area (Å²) in [6.07, 6.45) is 3.96.